The normalized spacial score (nSPS) is 10.7. The van der Waals surface area contributed by atoms with Crippen molar-refractivity contribution < 1.29 is 4.79 Å². The van der Waals surface area contributed by atoms with Crippen LogP contribution in [0.4, 0.5) is 5.69 Å². The standard InChI is InChI=1S/C22H17ClN4OS/c23-17-11-13-18(14-12-17)24-20(28)15-29-22-25-21(16-7-3-1-4-8-16)27(26-22)19-9-5-2-6-10-19/h1-14H,15H2,(H,24,28). The summed E-state index contributed by atoms with van der Waals surface area (Å²) in [6.45, 7) is 0. The van der Waals surface area contributed by atoms with Crippen LogP contribution >= 0.6 is 23.4 Å². The second-order valence-corrected chi connectivity index (χ2v) is 7.55. The van der Waals surface area contributed by atoms with E-state index >= 15 is 0 Å². The van der Waals surface area contributed by atoms with Gasteiger partial charge in [-0.1, -0.05) is 71.9 Å². The molecule has 0 spiro atoms. The molecule has 0 radical (unpaired) electrons. The molecule has 7 heteroatoms. The van der Waals surface area contributed by atoms with Gasteiger partial charge in [0.25, 0.3) is 0 Å². The molecule has 144 valence electrons. The van der Waals surface area contributed by atoms with Crippen LogP contribution in [-0.4, -0.2) is 26.4 Å². The predicted octanol–water partition coefficient (Wildman–Crippen LogP) is 5.32. The zero-order valence-corrected chi connectivity index (χ0v) is 16.9. The summed E-state index contributed by atoms with van der Waals surface area (Å²) < 4.78 is 1.80. The Labute approximate surface area is 177 Å². The quantitative estimate of drug-likeness (QED) is 0.429. The van der Waals surface area contributed by atoms with Crippen molar-refractivity contribution in [3.8, 4) is 17.1 Å². The van der Waals surface area contributed by atoms with Crippen molar-refractivity contribution in [2.45, 2.75) is 5.16 Å². The van der Waals surface area contributed by atoms with Crippen LogP contribution in [0.2, 0.25) is 5.02 Å². The van der Waals surface area contributed by atoms with Gasteiger partial charge in [0.15, 0.2) is 5.82 Å². The number of amides is 1. The molecule has 0 fully saturated rings. The van der Waals surface area contributed by atoms with Gasteiger partial charge in [0.1, 0.15) is 0 Å². The number of rotatable bonds is 6. The Morgan fingerprint density at radius 2 is 1.59 bits per heavy atom. The van der Waals surface area contributed by atoms with Crippen LogP contribution in [0.15, 0.2) is 90.1 Å². The SMILES string of the molecule is O=C(CSc1nc(-c2ccccc2)n(-c2ccccc2)n1)Nc1ccc(Cl)cc1. The number of carbonyl (C=O) groups excluding carboxylic acids is 1. The highest BCUT2D eigenvalue weighted by Crippen LogP contribution is 2.25. The number of nitrogens with one attached hydrogen (secondary N) is 1. The molecule has 1 N–H and O–H groups in total. The Morgan fingerprint density at radius 3 is 2.28 bits per heavy atom. The molecule has 1 aromatic heterocycles. The average molecular weight is 421 g/mol. The first-order valence-electron chi connectivity index (χ1n) is 8.95. The second-order valence-electron chi connectivity index (χ2n) is 6.18. The van der Waals surface area contributed by atoms with Gasteiger partial charge in [-0.25, -0.2) is 9.67 Å². The molecule has 4 aromatic rings. The van der Waals surface area contributed by atoms with Crippen LogP contribution in [0.3, 0.4) is 0 Å². The molecule has 3 aromatic carbocycles. The number of hydrogen-bond donors (Lipinski definition) is 1. The van der Waals surface area contributed by atoms with Gasteiger partial charge in [-0.3, -0.25) is 4.79 Å². The number of benzene rings is 3. The number of hydrogen-bond acceptors (Lipinski definition) is 4. The van der Waals surface area contributed by atoms with E-state index in [1.807, 2.05) is 60.7 Å². The Bertz CT molecular complexity index is 1040. The topological polar surface area (TPSA) is 59.8 Å². The summed E-state index contributed by atoms with van der Waals surface area (Å²) in [6, 6.07) is 26.7. The van der Waals surface area contributed by atoms with E-state index < -0.39 is 0 Å². The molecule has 1 amide bonds. The molecule has 0 aliphatic rings. The molecule has 0 bridgehead atoms. The summed E-state index contributed by atoms with van der Waals surface area (Å²) in [5, 5.41) is 8.63. The largest absolute Gasteiger partial charge is 0.325 e. The summed E-state index contributed by atoms with van der Waals surface area (Å²) in [5.41, 5.74) is 2.57. The number of nitrogens with zero attached hydrogens (tertiary/aromatic N) is 3. The van der Waals surface area contributed by atoms with Gasteiger partial charge in [0.05, 0.1) is 11.4 Å². The van der Waals surface area contributed by atoms with E-state index in [9.17, 15) is 4.79 Å². The Hall–Kier alpha value is -3.09. The van der Waals surface area contributed by atoms with Gasteiger partial charge < -0.3 is 5.32 Å². The van der Waals surface area contributed by atoms with Crippen LogP contribution in [0.25, 0.3) is 17.1 Å². The number of anilines is 1. The second kappa shape index (κ2) is 8.94. The van der Waals surface area contributed by atoms with E-state index in [-0.39, 0.29) is 11.7 Å². The number of carbonyl (C=O) groups is 1. The monoisotopic (exact) mass is 420 g/mol. The zero-order valence-electron chi connectivity index (χ0n) is 15.3. The number of thioether (sulfide) groups is 1. The maximum Gasteiger partial charge on any atom is 0.234 e. The van der Waals surface area contributed by atoms with Crippen molar-refractivity contribution in [2.24, 2.45) is 0 Å². The van der Waals surface area contributed by atoms with Gasteiger partial charge >= 0.3 is 0 Å². The zero-order chi connectivity index (χ0) is 20.1. The number of halogens is 1. The smallest absolute Gasteiger partial charge is 0.234 e. The Balaban J connectivity index is 1.53. The lowest BCUT2D eigenvalue weighted by molar-refractivity contribution is -0.113. The fourth-order valence-electron chi connectivity index (χ4n) is 2.74. The van der Waals surface area contributed by atoms with E-state index in [1.165, 1.54) is 11.8 Å². The highest BCUT2D eigenvalue weighted by atomic mass is 35.5. The number of aromatic nitrogens is 3. The molecular weight excluding hydrogens is 404 g/mol. The maximum absolute atomic E-state index is 12.3. The van der Waals surface area contributed by atoms with Crippen molar-refractivity contribution in [1.29, 1.82) is 0 Å². The lowest BCUT2D eigenvalue weighted by atomic mass is 10.2. The highest BCUT2D eigenvalue weighted by molar-refractivity contribution is 7.99. The summed E-state index contributed by atoms with van der Waals surface area (Å²) in [6.07, 6.45) is 0. The van der Waals surface area contributed by atoms with Crippen LogP contribution < -0.4 is 5.32 Å². The van der Waals surface area contributed by atoms with Crippen molar-refractivity contribution >= 4 is 35.0 Å². The molecule has 29 heavy (non-hydrogen) atoms. The summed E-state index contributed by atoms with van der Waals surface area (Å²) in [7, 11) is 0. The summed E-state index contributed by atoms with van der Waals surface area (Å²) in [4.78, 5) is 16.9. The molecule has 0 aliphatic heterocycles. The van der Waals surface area contributed by atoms with E-state index in [2.05, 4.69) is 15.4 Å². The first-order chi connectivity index (χ1) is 14.2. The first-order valence-corrected chi connectivity index (χ1v) is 10.3. The third kappa shape index (κ3) is 4.85. The molecule has 0 atom stereocenters. The van der Waals surface area contributed by atoms with E-state index in [0.29, 0.717) is 15.9 Å². The minimum absolute atomic E-state index is 0.130. The van der Waals surface area contributed by atoms with Gasteiger partial charge in [0, 0.05) is 16.3 Å². The van der Waals surface area contributed by atoms with Crippen LogP contribution in [0, 0.1) is 0 Å². The Kier molecular flexibility index (Phi) is 5.93. The summed E-state index contributed by atoms with van der Waals surface area (Å²) in [5.74, 6) is 0.808. The van der Waals surface area contributed by atoms with Gasteiger partial charge in [-0.05, 0) is 36.4 Å². The number of para-hydroxylation sites is 1. The molecular formula is C22H17ClN4OS. The third-order valence-corrected chi connectivity index (χ3v) is 5.17. The van der Waals surface area contributed by atoms with E-state index in [4.69, 9.17) is 11.6 Å². The predicted molar refractivity (Wildman–Crippen MR) is 118 cm³/mol. The first kappa shape index (κ1) is 19.2. The molecule has 0 saturated heterocycles. The minimum Gasteiger partial charge on any atom is -0.325 e. The fourth-order valence-corrected chi connectivity index (χ4v) is 3.49. The van der Waals surface area contributed by atoms with Gasteiger partial charge in [0.2, 0.25) is 11.1 Å². The van der Waals surface area contributed by atoms with Crippen molar-refractivity contribution in [3.05, 3.63) is 90.0 Å². The van der Waals surface area contributed by atoms with E-state index in [1.54, 1.807) is 28.9 Å². The van der Waals surface area contributed by atoms with Crippen molar-refractivity contribution in [3.63, 3.8) is 0 Å². The molecule has 4 rings (SSSR count). The average Bonchev–Trinajstić information content (AvgIpc) is 3.20. The molecule has 1 heterocycles. The van der Waals surface area contributed by atoms with Gasteiger partial charge in [-0.2, -0.15) is 0 Å². The van der Waals surface area contributed by atoms with Crippen LogP contribution in [-0.2, 0) is 4.79 Å². The van der Waals surface area contributed by atoms with Crippen LogP contribution in [0.1, 0.15) is 0 Å². The molecule has 0 saturated carbocycles. The lowest BCUT2D eigenvalue weighted by Gasteiger charge is -2.05. The maximum atomic E-state index is 12.3. The van der Waals surface area contributed by atoms with E-state index in [0.717, 1.165) is 17.1 Å². The van der Waals surface area contributed by atoms with Gasteiger partial charge in [-0.15, -0.1) is 5.10 Å². The summed E-state index contributed by atoms with van der Waals surface area (Å²) >= 11 is 7.17. The van der Waals surface area contributed by atoms with Crippen LogP contribution in [0.5, 0.6) is 0 Å². The Morgan fingerprint density at radius 1 is 0.931 bits per heavy atom. The fraction of sp³-hybridized carbons (Fsp3) is 0.0455. The van der Waals surface area contributed by atoms with Crippen molar-refractivity contribution in [1.82, 2.24) is 14.8 Å². The minimum atomic E-state index is -0.130. The lowest BCUT2D eigenvalue weighted by Crippen LogP contribution is -2.14. The highest BCUT2D eigenvalue weighted by Gasteiger charge is 2.15. The third-order valence-electron chi connectivity index (χ3n) is 4.08. The molecule has 5 nitrogen and oxygen atoms in total. The molecule has 0 aliphatic carbocycles. The molecule has 0 unspecified atom stereocenters. The van der Waals surface area contributed by atoms with Crippen molar-refractivity contribution in [2.75, 3.05) is 11.1 Å².